The topological polar surface area (TPSA) is 85.3 Å². The molecule has 3 atom stereocenters. The van der Waals surface area contributed by atoms with Gasteiger partial charge in [-0.2, -0.15) is 0 Å². The quantitative estimate of drug-likeness (QED) is 0.900. The first-order chi connectivity index (χ1) is 12.6. The molecule has 0 saturated carbocycles. The highest BCUT2D eigenvalue weighted by atomic mass is 16.8. The second kappa shape index (κ2) is 6.12. The molecule has 0 radical (unpaired) electrons. The number of carbonyl (C=O) groups is 2. The van der Waals surface area contributed by atoms with E-state index in [1.807, 2.05) is 18.2 Å². The smallest absolute Gasteiger partial charge is 0.336 e. The van der Waals surface area contributed by atoms with Crippen molar-refractivity contribution in [2.24, 2.45) is 0 Å². The minimum Gasteiger partial charge on any atom is -0.495 e. The number of hydrogen-bond acceptors (Lipinski definition) is 5. The molecule has 2 saturated heterocycles. The lowest BCUT2D eigenvalue weighted by Crippen LogP contribution is -2.54. The zero-order chi connectivity index (χ0) is 18.3. The Kier molecular flexibility index (Phi) is 3.90. The summed E-state index contributed by atoms with van der Waals surface area (Å²) in [5, 5.41) is 9.50. The highest BCUT2D eigenvalue weighted by molar-refractivity contribution is 6.02. The van der Waals surface area contributed by atoms with Gasteiger partial charge in [0, 0.05) is 5.56 Å². The van der Waals surface area contributed by atoms with E-state index in [9.17, 15) is 14.7 Å². The molecule has 2 aromatic rings. The van der Waals surface area contributed by atoms with Gasteiger partial charge in [0.1, 0.15) is 5.75 Å². The lowest BCUT2D eigenvalue weighted by atomic mass is 10.0. The molecule has 0 aromatic heterocycles. The molecular formula is C19H17NO6. The number of morpholine rings is 1. The monoisotopic (exact) mass is 355 g/mol. The SMILES string of the molecule is COc1ccccc1N1CC2(c3ccccc3)OC(C(=O)O)C(O2)C1=O. The first kappa shape index (κ1) is 16.6. The fraction of sp³-hybridized carbons (Fsp3) is 0.263. The summed E-state index contributed by atoms with van der Waals surface area (Å²) < 4.78 is 17.0. The van der Waals surface area contributed by atoms with Gasteiger partial charge >= 0.3 is 5.97 Å². The van der Waals surface area contributed by atoms with E-state index in [1.165, 1.54) is 12.0 Å². The van der Waals surface area contributed by atoms with E-state index in [0.29, 0.717) is 17.0 Å². The van der Waals surface area contributed by atoms with E-state index in [-0.39, 0.29) is 6.54 Å². The molecular weight excluding hydrogens is 338 g/mol. The van der Waals surface area contributed by atoms with E-state index in [2.05, 4.69) is 0 Å². The molecule has 0 spiro atoms. The number of anilines is 1. The van der Waals surface area contributed by atoms with Gasteiger partial charge < -0.3 is 24.2 Å². The Morgan fingerprint density at radius 2 is 1.85 bits per heavy atom. The fourth-order valence-corrected chi connectivity index (χ4v) is 3.41. The third-order valence-electron chi connectivity index (χ3n) is 4.62. The molecule has 2 fully saturated rings. The molecule has 7 heteroatoms. The second-order valence-corrected chi connectivity index (χ2v) is 6.13. The average molecular weight is 355 g/mol. The number of rotatable bonds is 4. The van der Waals surface area contributed by atoms with E-state index in [1.54, 1.807) is 36.4 Å². The Morgan fingerprint density at radius 3 is 2.54 bits per heavy atom. The van der Waals surface area contributed by atoms with Crippen molar-refractivity contribution in [1.82, 2.24) is 0 Å². The third kappa shape index (κ3) is 2.44. The summed E-state index contributed by atoms with van der Waals surface area (Å²) in [5.41, 5.74) is 1.20. The minimum absolute atomic E-state index is 0.0243. The number of fused-ring (bicyclic) bond motifs is 2. The number of ether oxygens (including phenoxy) is 3. The molecule has 0 aliphatic carbocycles. The van der Waals surface area contributed by atoms with Gasteiger partial charge in [0.05, 0.1) is 19.3 Å². The normalized spacial score (nSPS) is 27.4. The van der Waals surface area contributed by atoms with Crippen LogP contribution >= 0.6 is 0 Å². The summed E-state index contributed by atoms with van der Waals surface area (Å²) >= 11 is 0. The van der Waals surface area contributed by atoms with Crippen molar-refractivity contribution in [2.45, 2.75) is 18.0 Å². The van der Waals surface area contributed by atoms with Crippen molar-refractivity contribution in [1.29, 1.82) is 0 Å². The number of para-hydroxylation sites is 2. The minimum atomic E-state index is -1.37. The molecule has 3 unspecified atom stereocenters. The number of carboxylic acids is 1. The maximum Gasteiger partial charge on any atom is 0.336 e. The number of carboxylic acid groups (broad SMARTS) is 1. The molecule has 2 aliphatic rings. The molecule has 1 N–H and O–H groups in total. The molecule has 7 nitrogen and oxygen atoms in total. The molecule has 2 heterocycles. The third-order valence-corrected chi connectivity index (χ3v) is 4.62. The van der Waals surface area contributed by atoms with Crippen molar-refractivity contribution in [2.75, 3.05) is 18.6 Å². The highest BCUT2D eigenvalue weighted by Gasteiger charge is 2.60. The molecule has 2 bridgehead atoms. The Hall–Kier alpha value is -2.90. The predicted octanol–water partition coefficient (Wildman–Crippen LogP) is 1.76. The van der Waals surface area contributed by atoms with Crippen molar-refractivity contribution in [3.05, 3.63) is 60.2 Å². The fourth-order valence-electron chi connectivity index (χ4n) is 3.41. The summed E-state index contributed by atoms with van der Waals surface area (Å²) in [4.78, 5) is 26.0. The molecule has 134 valence electrons. The number of carbonyl (C=O) groups excluding carboxylic acids is 1. The zero-order valence-corrected chi connectivity index (χ0v) is 14.0. The predicted molar refractivity (Wildman–Crippen MR) is 90.8 cm³/mol. The highest BCUT2D eigenvalue weighted by Crippen LogP contribution is 2.45. The van der Waals surface area contributed by atoms with Crippen LogP contribution in [0.1, 0.15) is 5.56 Å². The number of nitrogens with zero attached hydrogens (tertiary/aromatic N) is 1. The van der Waals surface area contributed by atoms with Crippen LogP contribution in [0.15, 0.2) is 54.6 Å². The van der Waals surface area contributed by atoms with Crippen molar-refractivity contribution in [3.8, 4) is 5.75 Å². The summed E-state index contributed by atoms with van der Waals surface area (Å²) in [6.07, 6.45) is -2.60. The van der Waals surface area contributed by atoms with Crippen LogP contribution in [-0.2, 0) is 24.8 Å². The van der Waals surface area contributed by atoms with Crippen LogP contribution in [0.2, 0.25) is 0 Å². The Bertz CT molecular complexity index is 854. The number of benzene rings is 2. The van der Waals surface area contributed by atoms with Gasteiger partial charge in [-0.05, 0) is 12.1 Å². The maximum absolute atomic E-state index is 12.9. The number of aliphatic carboxylic acids is 1. The van der Waals surface area contributed by atoms with Gasteiger partial charge in [0.25, 0.3) is 5.91 Å². The first-order valence-electron chi connectivity index (χ1n) is 8.14. The lowest BCUT2D eigenvalue weighted by Gasteiger charge is -2.38. The van der Waals surface area contributed by atoms with E-state index >= 15 is 0 Å². The van der Waals surface area contributed by atoms with Crippen LogP contribution in [-0.4, -0.2) is 42.8 Å². The second-order valence-electron chi connectivity index (χ2n) is 6.13. The summed E-state index contributed by atoms with van der Waals surface area (Å²) in [6, 6.07) is 16.1. The van der Waals surface area contributed by atoms with Crippen molar-refractivity contribution in [3.63, 3.8) is 0 Å². The number of amides is 1. The van der Waals surface area contributed by atoms with Gasteiger partial charge in [-0.25, -0.2) is 4.79 Å². The summed E-state index contributed by atoms with van der Waals surface area (Å²) in [6.45, 7) is 0.0243. The summed E-state index contributed by atoms with van der Waals surface area (Å²) in [5.74, 6) is -2.53. The van der Waals surface area contributed by atoms with Crippen LogP contribution in [0.25, 0.3) is 0 Å². The maximum atomic E-state index is 12.9. The van der Waals surface area contributed by atoms with Gasteiger partial charge in [0.2, 0.25) is 5.79 Å². The molecule has 2 aliphatic heterocycles. The average Bonchev–Trinajstić information content (AvgIpc) is 3.02. The molecule has 1 amide bonds. The van der Waals surface area contributed by atoms with Crippen LogP contribution in [0.4, 0.5) is 5.69 Å². The van der Waals surface area contributed by atoms with Gasteiger partial charge in [-0.3, -0.25) is 4.79 Å². The Morgan fingerprint density at radius 1 is 1.15 bits per heavy atom. The van der Waals surface area contributed by atoms with Crippen LogP contribution < -0.4 is 9.64 Å². The summed E-state index contributed by atoms with van der Waals surface area (Å²) in [7, 11) is 1.52. The molecule has 2 aromatic carbocycles. The van der Waals surface area contributed by atoms with Crippen LogP contribution in [0.5, 0.6) is 5.75 Å². The van der Waals surface area contributed by atoms with E-state index < -0.39 is 29.9 Å². The molecule has 26 heavy (non-hydrogen) atoms. The van der Waals surface area contributed by atoms with Crippen molar-refractivity contribution >= 4 is 17.6 Å². The first-order valence-corrected chi connectivity index (χ1v) is 8.14. The largest absolute Gasteiger partial charge is 0.495 e. The Balaban J connectivity index is 1.82. The van der Waals surface area contributed by atoms with Gasteiger partial charge in [-0.1, -0.05) is 42.5 Å². The number of methoxy groups -OCH3 is 1. The van der Waals surface area contributed by atoms with Crippen LogP contribution in [0.3, 0.4) is 0 Å². The number of hydrogen-bond donors (Lipinski definition) is 1. The van der Waals surface area contributed by atoms with Gasteiger partial charge in [0.15, 0.2) is 12.2 Å². The lowest BCUT2D eigenvalue weighted by molar-refractivity contribution is -0.193. The van der Waals surface area contributed by atoms with Crippen LogP contribution in [0, 0.1) is 0 Å². The van der Waals surface area contributed by atoms with E-state index in [4.69, 9.17) is 14.2 Å². The Labute approximate surface area is 149 Å². The van der Waals surface area contributed by atoms with Crippen molar-refractivity contribution < 1.29 is 28.9 Å². The zero-order valence-electron chi connectivity index (χ0n) is 14.0. The van der Waals surface area contributed by atoms with Gasteiger partial charge in [-0.15, -0.1) is 0 Å². The molecule has 4 rings (SSSR count). The van der Waals surface area contributed by atoms with E-state index in [0.717, 1.165) is 0 Å². The standard InChI is InChI=1S/C19H17NO6/c1-24-14-10-6-5-9-13(14)20-11-19(12-7-3-2-4-8-12)25-15(17(20)21)16(26-19)18(22)23/h2-10,15-16H,11H2,1H3,(H,22,23).